The topological polar surface area (TPSA) is 54.9 Å². The summed E-state index contributed by atoms with van der Waals surface area (Å²) >= 11 is 14.9. The lowest BCUT2D eigenvalue weighted by Crippen LogP contribution is -2.30. The number of hydrogen-bond donors (Lipinski definition) is 1. The molecule has 0 atom stereocenters. The van der Waals surface area contributed by atoms with Gasteiger partial charge in [-0.05, 0) is 33.6 Å². The lowest BCUT2D eigenvalue weighted by Gasteiger charge is -2.07. The van der Waals surface area contributed by atoms with Gasteiger partial charge in [0.1, 0.15) is 0 Å². The Morgan fingerprint density at radius 3 is 2.67 bits per heavy atom. The fourth-order valence-electron chi connectivity index (χ4n) is 1.43. The highest BCUT2D eigenvalue weighted by Crippen LogP contribution is 2.21. The summed E-state index contributed by atoms with van der Waals surface area (Å²) in [6, 6.07) is 5.02. The van der Waals surface area contributed by atoms with Crippen molar-refractivity contribution in [2.24, 2.45) is 0 Å². The van der Waals surface area contributed by atoms with Crippen molar-refractivity contribution in [3.05, 3.63) is 65.3 Å². The van der Waals surface area contributed by atoms with Gasteiger partial charge in [-0.2, -0.15) is 0 Å². The zero-order valence-electron chi connectivity index (χ0n) is 8.91. The molecule has 1 aromatic heterocycles. The first-order valence-electron chi connectivity index (χ1n) is 4.90. The van der Waals surface area contributed by atoms with Crippen molar-refractivity contribution in [2.45, 2.75) is 6.54 Å². The summed E-state index contributed by atoms with van der Waals surface area (Å²) < 4.78 is 1.63. The monoisotopic (exact) mass is 348 g/mol. The van der Waals surface area contributed by atoms with Crippen molar-refractivity contribution in [1.29, 1.82) is 0 Å². The van der Waals surface area contributed by atoms with Crippen LogP contribution in [0.3, 0.4) is 0 Å². The molecule has 1 N–H and O–H groups in total. The number of benzene rings is 1. The van der Waals surface area contributed by atoms with Crippen molar-refractivity contribution in [3.8, 4) is 0 Å². The minimum absolute atomic E-state index is 0.254. The molecule has 2 rings (SSSR count). The van der Waals surface area contributed by atoms with Crippen LogP contribution in [0.25, 0.3) is 0 Å². The molecule has 94 valence electrons. The second-order valence-electron chi connectivity index (χ2n) is 3.60. The van der Waals surface area contributed by atoms with Crippen molar-refractivity contribution in [1.82, 2.24) is 9.55 Å². The standard InChI is InChI=1S/C11H7BrCl2N2O2/c12-8-5-16(11(18)15-10(8)17)4-6-1-2-7(13)3-9(6)14/h1-3,5H,4H2,(H,15,17,18). The van der Waals surface area contributed by atoms with Crippen LogP contribution in [0.2, 0.25) is 10.0 Å². The van der Waals surface area contributed by atoms with Gasteiger partial charge in [-0.1, -0.05) is 29.3 Å². The molecule has 1 aromatic carbocycles. The van der Waals surface area contributed by atoms with E-state index in [9.17, 15) is 9.59 Å². The highest BCUT2D eigenvalue weighted by Gasteiger charge is 2.06. The third-order valence-electron chi connectivity index (χ3n) is 2.32. The van der Waals surface area contributed by atoms with E-state index in [-0.39, 0.29) is 11.0 Å². The molecule has 0 bridgehead atoms. The molecule has 0 unspecified atom stereocenters. The summed E-state index contributed by atoms with van der Waals surface area (Å²) in [5, 5.41) is 0.996. The highest BCUT2D eigenvalue weighted by atomic mass is 79.9. The maximum Gasteiger partial charge on any atom is 0.328 e. The summed E-state index contributed by atoms with van der Waals surface area (Å²) in [4.78, 5) is 25.0. The van der Waals surface area contributed by atoms with Crippen molar-refractivity contribution < 1.29 is 0 Å². The SMILES string of the molecule is O=c1[nH]c(=O)n(Cc2ccc(Cl)cc2Cl)cc1Br. The first-order valence-corrected chi connectivity index (χ1v) is 6.45. The van der Waals surface area contributed by atoms with Gasteiger partial charge in [-0.15, -0.1) is 0 Å². The van der Waals surface area contributed by atoms with Crippen LogP contribution in [0.1, 0.15) is 5.56 Å². The van der Waals surface area contributed by atoms with E-state index in [2.05, 4.69) is 20.9 Å². The van der Waals surface area contributed by atoms with Gasteiger partial charge < -0.3 is 0 Å². The maximum absolute atomic E-state index is 11.6. The first kappa shape index (κ1) is 13.4. The molecule has 2 aromatic rings. The number of halogens is 3. The molecule has 0 saturated carbocycles. The minimum Gasteiger partial charge on any atom is -0.295 e. The molecule has 0 saturated heterocycles. The van der Waals surface area contributed by atoms with Crippen LogP contribution in [0.4, 0.5) is 0 Å². The second kappa shape index (κ2) is 5.30. The van der Waals surface area contributed by atoms with E-state index in [1.807, 2.05) is 0 Å². The average molecular weight is 350 g/mol. The van der Waals surface area contributed by atoms with Gasteiger partial charge in [-0.3, -0.25) is 14.3 Å². The Balaban J connectivity index is 2.43. The lowest BCUT2D eigenvalue weighted by atomic mass is 10.2. The van der Waals surface area contributed by atoms with E-state index in [1.165, 1.54) is 10.8 Å². The number of aromatic amines is 1. The van der Waals surface area contributed by atoms with Crippen molar-refractivity contribution in [2.75, 3.05) is 0 Å². The molecular weight excluding hydrogens is 343 g/mol. The Labute approximate surface area is 120 Å². The number of nitrogens with one attached hydrogen (secondary N) is 1. The van der Waals surface area contributed by atoms with Gasteiger partial charge >= 0.3 is 5.69 Å². The number of nitrogens with zero attached hydrogens (tertiary/aromatic N) is 1. The minimum atomic E-state index is -0.491. The van der Waals surface area contributed by atoms with Crippen LogP contribution in [-0.4, -0.2) is 9.55 Å². The normalized spacial score (nSPS) is 10.6. The molecule has 0 aliphatic carbocycles. The van der Waals surface area contributed by atoms with E-state index in [0.717, 1.165) is 5.56 Å². The van der Waals surface area contributed by atoms with E-state index in [4.69, 9.17) is 23.2 Å². The summed E-state index contributed by atoms with van der Waals surface area (Å²) in [6.07, 6.45) is 1.42. The van der Waals surface area contributed by atoms with Gasteiger partial charge in [0.25, 0.3) is 5.56 Å². The van der Waals surface area contributed by atoms with E-state index in [0.29, 0.717) is 10.0 Å². The Kier molecular flexibility index (Phi) is 3.94. The average Bonchev–Trinajstić information content (AvgIpc) is 2.29. The van der Waals surface area contributed by atoms with Crippen LogP contribution in [0, 0.1) is 0 Å². The van der Waals surface area contributed by atoms with Gasteiger partial charge in [0.15, 0.2) is 0 Å². The lowest BCUT2D eigenvalue weighted by molar-refractivity contribution is 0.716. The Bertz CT molecular complexity index is 709. The summed E-state index contributed by atoms with van der Waals surface area (Å²) in [5.74, 6) is 0. The summed E-state index contributed by atoms with van der Waals surface area (Å²) in [6.45, 7) is 0.254. The van der Waals surface area contributed by atoms with Crippen LogP contribution < -0.4 is 11.2 Å². The highest BCUT2D eigenvalue weighted by molar-refractivity contribution is 9.10. The molecule has 18 heavy (non-hydrogen) atoms. The summed E-state index contributed by atoms with van der Waals surface area (Å²) in [7, 11) is 0. The fourth-order valence-corrected chi connectivity index (χ4v) is 2.25. The predicted octanol–water partition coefficient (Wildman–Crippen LogP) is 2.65. The molecule has 0 spiro atoms. The Hall–Kier alpha value is -1.04. The van der Waals surface area contributed by atoms with Crippen LogP contribution in [0.15, 0.2) is 38.5 Å². The molecule has 0 amide bonds. The van der Waals surface area contributed by atoms with E-state index < -0.39 is 11.2 Å². The van der Waals surface area contributed by atoms with Gasteiger partial charge in [0, 0.05) is 16.2 Å². The molecular formula is C11H7BrCl2N2O2. The fraction of sp³-hybridized carbons (Fsp3) is 0.0909. The van der Waals surface area contributed by atoms with Crippen LogP contribution in [-0.2, 0) is 6.54 Å². The van der Waals surface area contributed by atoms with Crippen LogP contribution >= 0.6 is 39.1 Å². The number of aromatic nitrogens is 2. The van der Waals surface area contributed by atoms with Gasteiger partial charge in [0.05, 0.1) is 11.0 Å². The third-order valence-corrected chi connectivity index (χ3v) is 3.48. The quantitative estimate of drug-likeness (QED) is 0.906. The zero-order valence-corrected chi connectivity index (χ0v) is 12.0. The van der Waals surface area contributed by atoms with Crippen molar-refractivity contribution in [3.63, 3.8) is 0 Å². The van der Waals surface area contributed by atoms with Crippen molar-refractivity contribution >= 4 is 39.1 Å². The molecule has 4 nitrogen and oxygen atoms in total. The molecule has 0 aliphatic rings. The summed E-state index contributed by atoms with van der Waals surface area (Å²) in [5.41, 5.74) is -0.213. The molecule has 7 heteroatoms. The number of rotatable bonds is 2. The molecule has 1 heterocycles. The predicted molar refractivity (Wildman–Crippen MR) is 74.6 cm³/mol. The van der Waals surface area contributed by atoms with E-state index >= 15 is 0 Å². The first-order chi connectivity index (χ1) is 8.47. The van der Waals surface area contributed by atoms with E-state index in [1.54, 1.807) is 18.2 Å². The van der Waals surface area contributed by atoms with Gasteiger partial charge in [-0.25, -0.2) is 4.79 Å². The van der Waals surface area contributed by atoms with Crippen LogP contribution in [0.5, 0.6) is 0 Å². The molecule has 0 radical (unpaired) electrons. The number of H-pyrrole nitrogens is 1. The Morgan fingerprint density at radius 2 is 2.00 bits per heavy atom. The zero-order chi connectivity index (χ0) is 13.3. The van der Waals surface area contributed by atoms with Gasteiger partial charge in [0.2, 0.25) is 0 Å². The molecule has 0 fully saturated rings. The third kappa shape index (κ3) is 2.85. The number of hydrogen-bond acceptors (Lipinski definition) is 2. The smallest absolute Gasteiger partial charge is 0.295 e. The maximum atomic E-state index is 11.6. The Morgan fingerprint density at radius 1 is 1.28 bits per heavy atom. The second-order valence-corrected chi connectivity index (χ2v) is 5.30. The largest absolute Gasteiger partial charge is 0.328 e. The molecule has 0 aliphatic heterocycles.